The Morgan fingerprint density at radius 1 is 1.04 bits per heavy atom. The third kappa shape index (κ3) is 2.70. The van der Waals surface area contributed by atoms with E-state index in [1.807, 2.05) is 31.2 Å². The van der Waals surface area contributed by atoms with Crippen LogP contribution in [0.5, 0.6) is 17.2 Å². The number of anilines is 1. The molecule has 1 N–H and O–H groups in total. The molecule has 0 aliphatic carbocycles. The number of amides is 1. The lowest BCUT2D eigenvalue weighted by Gasteiger charge is -2.19. The van der Waals surface area contributed by atoms with E-state index in [1.54, 1.807) is 12.1 Å². The Morgan fingerprint density at radius 2 is 1.83 bits per heavy atom. The molecule has 4 rings (SSSR count). The number of fused-ring (bicyclic) bond motifs is 2. The van der Waals surface area contributed by atoms with E-state index < -0.39 is 0 Å². The summed E-state index contributed by atoms with van der Waals surface area (Å²) in [7, 11) is 0. The lowest BCUT2D eigenvalue weighted by molar-refractivity contribution is 0.102. The predicted molar refractivity (Wildman–Crippen MR) is 85.6 cm³/mol. The van der Waals surface area contributed by atoms with E-state index >= 15 is 0 Å². The van der Waals surface area contributed by atoms with Gasteiger partial charge in [0.2, 0.25) is 0 Å². The van der Waals surface area contributed by atoms with E-state index in [4.69, 9.17) is 14.2 Å². The van der Waals surface area contributed by atoms with E-state index in [-0.39, 0.29) is 12.0 Å². The van der Waals surface area contributed by atoms with Crippen LogP contribution in [-0.2, 0) is 6.42 Å². The first-order valence-corrected chi connectivity index (χ1v) is 7.69. The van der Waals surface area contributed by atoms with Gasteiger partial charge < -0.3 is 19.5 Å². The van der Waals surface area contributed by atoms with Crippen molar-refractivity contribution in [3.8, 4) is 17.2 Å². The van der Waals surface area contributed by atoms with E-state index in [0.717, 1.165) is 17.7 Å². The second-order valence-electron chi connectivity index (χ2n) is 5.77. The number of nitrogens with one attached hydrogen (secondary N) is 1. The van der Waals surface area contributed by atoms with Crippen molar-refractivity contribution in [3.63, 3.8) is 0 Å². The number of hydrogen-bond donors (Lipinski definition) is 1. The molecule has 1 amide bonds. The van der Waals surface area contributed by atoms with E-state index in [0.29, 0.717) is 36.0 Å². The van der Waals surface area contributed by atoms with Gasteiger partial charge in [0.25, 0.3) is 5.91 Å². The summed E-state index contributed by atoms with van der Waals surface area (Å²) in [6.07, 6.45) is 1.00. The van der Waals surface area contributed by atoms with E-state index in [2.05, 4.69) is 5.32 Å². The largest absolute Gasteiger partial charge is 0.490 e. The van der Waals surface area contributed by atoms with Crippen LogP contribution in [0.25, 0.3) is 0 Å². The zero-order valence-electron chi connectivity index (χ0n) is 12.8. The number of benzene rings is 2. The van der Waals surface area contributed by atoms with Crippen molar-refractivity contribution in [2.24, 2.45) is 0 Å². The van der Waals surface area contributed by atoms with Crippen LogP contribution in [0.4, 0.5) is 5.69 Å². The molecule has 0 fully saturated rings. The van der Waals surface area contributed by atoms with Gasteiger partial charge in [-0.2, -0.15) is 0 Å². The monoisotopic (exact) mass is 311 g/mol. The standard InChI is InChI=1S/C18H17NO4/c1-11-8-13-9-12(2-4-15(13)23-11)18(20)19-14-3-5-16-17(10-14)22-7-6-21-16/h2-5,9-11H,6-8H2,1H3,(H,19,20)/t11-/m1/s1. The van der Waals surface area contributed by atoms with Crippen molar-refractivity contribution in [2.45, 2.75) is 19.4 Å². The van der Waals surface area contributed by atoms with Gasteiger partial charge in [-0.3, -0.25) is 4.79 Å². The predicted octanol–water partition coefficient (Wildman–Crippen LogP) is 3.03. The molecule has 0 unspecified atom stereocenters. The third-order valence-corrected chi connectivity index (χ3v) is 3.96. The molecule has 5 nitrogen and oxygen atoms in total. The summed E-state index contributed by atoms with van der Waals surface area (Å²) in [4.78, 5) is 12.4. The summed E-state index contributed by atoms with van der Waals surface area (Å²) in [5.41, 5.74) is 2.38. The minimum absolute atomic E-state index is 0.149. The van der Waals surface area contributed by atoms with Crippen molar-refractivity contribution in [1.29, 1.82) is 0 Å². The highest BCUT2D eigenvalue weighted by Crippen LogP contribution is 2.33. The van der Waals surface area contributed by atoms with Crippen LogP contribution in [0.15, 0.2) is 36.4 Å². The Balaban J connectivity index is 1.53. The van der Waals surface area contributed by atoms with Crippen LogP contribution >= 0.6 is 0 Å². The maximum atomic E-state index is 12.4. The molecule has 0 saturated heterocycles. The van der Waals surface area contributed by atoms with Crippen LogP contribution < -0.4 is 19.5 Å². The quantitative estimate of drug-likeness (QED) is 0.926. The zero-order valence-corrected chi connectivity index (χ0v) is 12.8. The molecule has 2 aromatic carbocycles. The number of ether oxygens (including phenoxy) is 3. The van der Waals surface area contributed by atoms with Gasteiger partial charge >= 0.3 is 0 Å². The van der Waals surface area contributed by atoms with E-state index in [1.165, 1.54) is 0 Å². The lowest BCUT2D eigenvalue weighted by Crippen LogP contribution is -2.16. The van der Waals surface area contributed by atoms with Gasteiger partial charge in [-0.05, 0) is 42.8 Å². The SMILES string of the molecule is C[C@@H]1Cc2cc(C(=O)Nc3ccc4c(c3)OCCO4)ccc2O1. The van der Waals surface area contributed by atoms with Gasteiger partial charge in [0.15, 0.2) is 11.5 Å². The second kappa shape index (κ2) is 5.50. The molecular formula is C18H17NO4. The first-order valence-electron chi connectivity index (χ1n) is 7.69. The average Bonchev–Trinajstić information content (AvgIpc) is 2.93. The first kappa shape index (κ1) is 13.9. The molecule has 0 radical (unpaired) electrons. The molecule has 0 saturated carbocycles. The van der Waals surface area contributed by atoms with Gasteiger partial charge in [-0.15, -0.1) is 0 Å². The fourth-order valence-electron chi connectivity index (χ4n) is 2.89. The molecular weight excluding hydrogens is 294 g/mol. The Kier molecular flexibility index (Phi) is 3.33. The van der Waals surface area contributed by atoms with Crippen LogP contribution in [-0.4, -0.2) is 25.2 Å². The van der Waals surface area contributed by atoms with Gasteiger partial charge in [-0.1, -0.05) is 0 Å². The summed E-state index contributed by atoms with van der Waals surface area (Å²) >= 11 is 0. The van der Waals surface area contributed by atoms with Gasteiger partial charge in [0.1, 0.15) is 25.1 Å². The van der Waals surface area contributed by atoms with Gasteiger partial charge in [-0.25, -0.2) is 0 Å². The highest BCUT2D eigenvalue weighted by Gasteiger charge is 2.20. The van der Waals surface area contributed by atoms with Gasteiger partial charge in [0.05, 0.1) is 0 Å². The summed E-state index contributed by atoms with van der Waals surface area (Å²) in [6, 6.07) is 10.9. The van der Waals surface area contributed by atoms with Crippen molar-refractivity contribution >= 4 is 11.6 Å². The summed E-state index contributed by atoms with van der Waals surface area (Å²) in [6.45, 7) is 3.09. The number of carbonyl (C=O) groups excluding carboxylic acids is 1. The minimum Gasteiger partial charge on any atom is -0.490 e. The second-order valence-corrected chi connectivity index (χ2v) is 5.77. The van der Waals surface area contributed by atoms with Crippen LogP contribution in [0.1, 0.15) is 22.8 Å². The Morgan fingerprint density at radius 3 is 2.70 bits per heavy atom. The smallest absolute Gasteiger partial charge is 0.255 e. The number of carbonyl (C=O) groups is 1. The highest BCUT2D eigenvalue weighted by atomic mass is 16.6. The van der Waals surface area contributed by atoms with Crippen molar-refractivity contribution < 1.29 is 19.0 Å². The molecule has 2 aliphatic rings. The number of hydrogen-bond acceptors (Lipinski definition) is 4. The van der Waals surface area contributed by atoms with E-state index in [9.17, 15) is 4.79 Å². The molecule has 0 spiro atoms. The number of rotatable bonds is 2. The molecule has 2 aromatic rings. The summed E-state index contributed by atoms with van der Waals surface area (Å²) < 4.78 is 16.7. The van der Waals surface area contributed by atoms with Crippen LogP contribution in [0.2, 0.25) is 0 Å². The first-order chi connectivity index (χ1) is 11.2. The zero-order chi connectivity index (χ0) is 15.8. The van der Waals surface area contributed by atoms with Crippen molar-refractivity contribution in [3.05, 3.63) is 47.5 Å². The summed E-state index contributed by atoms with van der Waals surface area (Å²) in [5, 5.41) is 2.90. The van der Waals surface area contributed by atoms with Crippen molar-refractivity contribution in [2.75, 3.05) is 18.5 Å². The van der Waals surface area contributed by atoms with Crippen LogP contribution in [0.3, 0.4) is 0 Å². The molecule has 118 valence electrons. The highest BCUT2D eigenvalue weighted by molar-refractivity contribution is 6.04. The van der Waals surface area contributed by atoms with Crippen molar-refractivity contribution in [1.82, 2.24) is 0 Å². The van der Waals surface area contributed by atoms with Gasteiger partial charge in [0, 0.05) is 23.7 Å². The molecule has 23 heavy (non-hydrogen) atoms. The normalized spacial score (nSPS) is 18.0. The molecule has 0 aromatic heterocycles. The average molecular weight is 311 g/mol. The molecule has 5 heteroatoms. The molecule has 2 aliphatic heterocycles. The summed E-state index contributed by atoms with van der Waals surface area (Å²) in [5.74, 6) is 2.08. The Bertz CT molecular complexity index is 772. The maximum Gasteiger partial charge on any atom is 0.255 e. The molecule has 2 heterocycles. The Labute approximate surface area is 134 Å². The fourth-order valence-corrected chi connectivity index (χ4v) is 2.89. The Hall–Kier alpha value is -2.69. The molecule has 0 bridgehead atoms. The van der Waals surface area contributed by atoms with Crippen LogP contribution in [0, 0.1) is 0 Å². The minimum atomic E-state index is -0.149. The lowest BCUT2D eigenvalue weighted by atomic mass is 10.1. The topological polar surface area (TPSA) is 56.8 Å². The third-order valence-electron chi connectivity index (χ3n) is 3.96. The molecule has 1 atom stereocenters. The maximum absolute atomic E-state index is 12.4. The fraction of sp³-hybridized carbons (Fsp3) is 0.278.